The first-order chi connectivity index (χ1) is 18.3. The van der Waals surface area contributed by atoms with Crippen LogP contribution in [0.1, 0.15) is 41.3 Å². The van der Waals surface area contributed by atoms with E-state index in [0.29, 0.717) is 27.9 Å². The summed E-state index contributed by atoms with van der Waals surface area (Å²) in [7, 11) is 3.60. The molecule has 39 heavy (non-hydrogen) atoms. The third-order valence-electron chi connectivity index (χ3n) is 8.44. The number of hydrogen-bond acceptors (Lipinski definition) is 9. The number of fused-ring (bicyclic) bond motifs is 3. The highest BCUT2D eigenvalue weighted by Gasteiger charge is 2.64. The molecule has 204 valence electrons. The quantitative estimate of drug-likeness (QED) is 0.287. The third-order valence-corrected chi connectivity index (χ3v) is 8.44. The second-order valence-corrected chi connectivity index (χ2v) is 10.9. The van der Waals surface area contributed by atoms with E-state index in [4.69, 9.17) is 5.73 Å². The van der Waals surface area contributed by atoms with Gasteiger partial charge in [-0.1, -0.05) is 24.3 Å². The van der Waals surface area contributed by atoms with Crippen LogP contribution in [-0.4, -0.2) is 69.5 Å². The number of nitrogens with zero attached hydrogens (tertiary/aromatic N) is 1. The first-order valence-electron chi connectivity index (χ1n) is 12.7. The van der Waals surface area contributed by atoms with Gasteiger partial charge in [-0.15, -0.1) is 0 Å². The molecule has 0 aromatic heterocycles. The smallest absolute Gasteiger partial charge is 0.230 e. The number of phenols is 1. The number of aliphatic hydroxyl groups excluding tert-OH is 2. The van der Waals surface area contributed by atoms with Gasteiger partial charge in [0.15, 0.2) is 17.2 Å². The van der Waals surface area contributed by atoms with Crippen molar-refractivity contribution in [3.05, 3.63) is 52.6 Å². The number of anilines is 1. The predicted octanol–water partition coefficient (Wildman–Crippen LogP) is 1.52. The molecule has 0 spiro atoms. The van der Waals surface area contributed by atoms with Crippen LogP contribution >= 0.6 is 0 Å². The van der Waals surface area contributed by atoms with Crippen LogP contribution in [-0.2, 0) is 20.8 Å². The monoisotopic (exact) mass is 534 g/mol. The molecule has 2 saturated carbocycles. The Labute approximate surface area is 224 Å². The summed E-state index contributed by atoms with van der Waals surface area (Å²) in [6, 6.07) is 8.35. The fraction of sp³-hybridized carbons (Fsp3) is 0.379. The van der Waals surface area contributed by atoms with Gasteiger partial charge >= 0.3 is 0 Å². The third kappa shape index (κ3) is 3.77. The molecule has 3 aliphatic carbocycles. The van der Waals surface area contributed by atoms with E-state index in [-0.39, 0.29) is 41.9 Å². The van der Waals surface area contributed by atoms with Gasteiger partial charge in [-0.05, 0) is 49.3 Å². The number of hydrogen-bond donors (Lipinski definition) is 5. The van der Waals surface area contributed by atoms with Gasteiger partial charge in [-0.2, -0.15) is 0 Å². The fourth-order valence-corrected chi connectivity index (χ4v) is 6.48. The van der Waals surface area contributed by atoms with E-state index < -0.39 is 52.7 Å². The maximum Gasteiger partial charge on any atom is 0.230 e. The number of rotatable bonds is 4. The first kappa shape index (κ1) is 26.6. The maximum atomic E-state index is 13.8. The van der Waals surface area contributed by atoms with Crippen LogP contribution in [0.4, 0.5) is 5.69 Å². The van der Waals surface area contributed by atoms with E-state index in [1.54, 1.807) is 44.4 Å². The van der Waals surface area contributed by atoms with Crippen molar-refractivity contribution in [1.82, 2.24) is 0 Å². The minimum Gasteiger partial charge on any atom is -0.507 e. The van der Waals surface area contributed by atoms with Crippen LogP contribution in [0, 0.1) is 17.8 Å². The lowest BCUT2D eigenvalue weighted by molar-refractivity contribution is -0.174. The minimum atomic E-state index is -2.63. The molecule has 0 heterocycles. The van der Waals surface area contributed by atoms with Gasteiger partial charge in [0.1, 0.15) is 17.4 Å². The second-order valence-electron chi connectivity index (χ2n) is 10.9. The average Bonchev–Trinajstić information content (AvgIpc) is 2.86. The van der Waals surface area contributed by atoms with E-state index in [1.807, 2.05) is 4.90 Å². The van der Waals surface area contributed by atoms with E-state index >= 15 is 0 Å². The number of Topliss-reactive ketones (excluding diaryl/α,β-unsaturated/α-hetero) is 3. The summed E-state index contributed by atoms with van der Waals surface area (Å²) in [5.74, 6) is -7.64. The van der Waals surface area contributed by atoms with E-state index in [1.165, 1.54) is 6.92 Å². The fourth-order valence-electron chi connectivity index (χ4n) is 6.48. The Bertz CT molecular complexity index is 1480. The summed E-state index contributed by atoms with van der Waals surface area (Å²) in [6.45, 7) is 1.44. The lowest BCUT2D eigenvalue weighted by Crippen LogP contribution is -2.66. The lowest BCUT2D eigenvalue weighted by atomic mass is 9.56. The number of aromatic hydroxyl groups is 1. The highest BCUT2D eigenvalue weighted by molar-refractivity contribution is 6.24. The summed E-state index contributed by atoms with van der Waals surface area (Å²) in [6.07, 6.45) is -1.29. The number of aliphatic hydroxyl groups is 3. The zero-order chi connectivity index (χ0) is 28.5. The molecule has 2 fully saturated rings. The summed E-state index contributed by atoms with van der Waals surface area (Å²) < 4.78 is 0. The molecule has 5 atom stereocenters. The van der Waals surface area contributed by atoms with Crippen LogP contribution < -0.4 is 10.6 Å². The van der Waals surface area contributed by atoms with Crippen molar-refractivity contribution >= 4 is 34.7 Å². The molecule has 10 nitrogen and oxygen atoms in total. The Kier molecular flexibility index (Phi) is 6.15. The van der Waals surface area contributed by atoms with Crippen molar-refractivity contribution in [1.29, 1.82) is 0 Å². The van der Waals surface area contributed by atoms with Gasteiger partial charge in [0, 0.05) is 42.4 Å². The molecule has 10 heteroatoms. The van der Waals surface area contributed by atoms with Crippen molar-refractivity contribution in [2.75, 3.05) is 19.0 Å². The number of benzene rings is 2. The van der Waals surface area contributed by atoms with Crippen molar-refractivity contribution in [3.63, 3.8) is 0 Å². The van der Waals surface area contributed by atoms with Gasteiger partial charge in [0.2, 0.25) is 11.7 Å². The molecule has 2 unspecified atom stereocenters. The summed E-state index contributed by atoms with van der Waals surface area (Å²) in [5.41, 5.74) is 5.17. The Morgan fingerprint density at radius 1 is 1.08 bits per heavy atom. The van der Waals surface area contributed by atoms with Crippen molar-refractivity contribution in [2.45, 2.75) is 37.9 Å². The number of carbonyl (C=O) groups excluding carboxylic acids is 4. The Hall–Kier alpha value is -4.02. The normalized spacial score (nSPS) is 27.9. The highest BCUT2D eigenvalue weighted by Crippen LogP contribution is 2.54. The predicted molar refractivity (Wildman–Crippen MR) is 141 cm³/mol. The highest BCUT2D eigenvalue weighted by atomic mass is 16.3. The summed E-state index contributed by atoms with van der Waals surface area (Å²) in [5, 5.41) is 44.8. The molecule has 2 aromatic carbocycles. The molecule has 0 bridgehead atoms. The number of ketones is 3. The second kappa shape index (κ2) is 9.03. The summed E-state index contributed by atoms with van der Waals surface area (Å²) >= 11 is 0. The molecule has 0 radical (unpaired) electrons. The van der Waals surface area contributed by atoms with Crippen LogP contribution in [0.15, 0.2) is 35.9 Å². The standard InChI is InChI=1S/C29H30N2O8/c1-12(32)13-4-6-14(7-5-13)17-11-19(31(2)3)18-9-15-8-16-10-20(33)23(28(30)38)27(37)29(16,39)26(36)21(15)25(35)22(18)24(17)34/h4-7,11,15-16,20,23,33-35,39H,8-10H2,1-3H3,(H2,30,38)/t15-,16+,20?,23?,29+/m1/s1. The molecule has 3 aliphatic rings. The number of phenolic OH excluding ortho intramolecular Hbond substituents is 1. The van der Waals surface area contributed by atoms with Gasteiger partial charge < -0.3 is 31.1 Å². The first-order valence-corrected chi connectivity index (χ1v) is 12.7. The van der Waals surface area contributed by atoms with E-state index in [0.717, 1.165) is 0 Å². The summed E-state index contributed by atoms with van der Waals surface area (Å²) in [4.78, 5) is 52.4. The van der Waals surface area contributed by atoms with Crippen LogP contribution in [0.3, 0.4) is 0 Å². The van der Waals surface area contributed by atoms with Crippen LogP contribution in [0.5, 0.6) is 5.75 Å². The topological polar surface area (TPSA) is 178 Å². The van der Waals surface area contributed by atoms with Crippen molar-refractivity contribution in [2.24, 2.45) is 23.5 Å². The van der Waals surface area contributed by atoms with Crippen LogP contribution in [0.25, 0.3) is 16.9 Å². The molecule has 1 amide bonds. The Morgan fingerprint density at radius 2 is 1.72 bits per heavy atom. The molecular weight excluding hydrogens is 504 g/mol. The Morgan fingerprint density at radius 3 is 2.28 bits per heavy atom. The number of primary amides is 1. The van der Waals surface area contributed by atoms with Gasteiger partial charge in [0.25, 0.3) is 0 Å². The van der Waals surface area contributed by atoms with Gasteiger partial charge in [0.05, 0.1) is 11.7 Å². The zero-order valence-electron chi connectivity index (χ0n) is 21.8. The SMILES string of the molecule is CC(=O)c1ccc(-c2cc(N(C)C)c3c(c2O)C(O)=C2C(=O)[C@]4(O)C(=O)C(C(N)=O)C(O)C[C@@H]4C[C@@H]2C3)cc1. The minimum absolute atomic E-state index is 0.0169. The number of nitrogens with two attached hydrogens (primary N) is 1. The molecule has 0 aliphatic heterocycles. The number of carbonyl (C=O) groups is 4. The molecule has 2 aromatic rings. The van der Waals surface area contributed by atoms with Gasteiger partial charge in [-0.25, -0.2) is 0 Å². The largest absolute Gasteiger partial charge is 0.507 e. The molecule has 6 N–H and O–H groups in total. The van der Waals surface area contributed by atoms with Gasteiger partial charge in [-0.3, -0.25) is 19.2 Å². The zero-order valence-corrected chi connectivity index (χ0v) is 21.8. The van der Waals surface area contributed by atoms with Crippen LogP contribution in [0.2, 0.25) is 0 Å². The van der Waals surface area contributed by atoms with Crippen molar-refractivity contribution < 1.29 is 39.6 Å². The van der Waals surface area contributed by atoms with Crippen molar-refractivity contribution in [3.8, 4) is 16.9 Å². The molecule has 0 saturated heterocycles. The Balaban J connectivity index is 1.69. The molecule has 5 rings (SSSR count). The lowest BCUT2D eigenvalue weighted by Gasteiger charge is -2.48. The van der Waals surface area contributed by atoms with E-state index in [2.05, 4.69) is 0 Å². The average molecular weight is 535 g/mol. The molecular formula is C29H30N2O8. The maximum absolute atomic E-state index is 13.8. The number of amides is 1. The van der Waals surface area contributed by atoms with E-state index in [9.17, 15) is 39.6 Å².